The van der Waals surface area contributed by atoms with E-state index in [0.29, 0.717) is 13.0 Å². The summed E-state index contributed by atoms with van der Waals surface area (Å²) < 4.78 is 5.50. The lowest BCUT2D eigenvalue weighted by atomic mass is 10.1. The summed E-state index contributed by atoms with van der Waals surface area (Å²) in [6, 6.07) is -0.741. The number of nitrogens with two attached hydrogens (primary N) is 1. The smallest absolute Gasteiger partial charge is 0.326 e. The second-order valence-corrected chi connectivity index (χ2v) is 4.56. The summed E-state index contributed by atoms with van der Waals surface area (Å²) in [4.78, 5) is 24.4. The number of carbonyl (C=O) groups excluding carboxylic acids is 2. The molecule has 0 saturated carbocycles. The maximum absolute atomic E-state index is 11.6. The van der Waals surface area contributed by atoms with E-state index < -0.39 is 18.4 Å². The maximum Gasteiger partial charge on any atom is 0.326 e. The second kappa shape index (κ2) is 4.59. The predicted octanol–water partition coefficient (Wildman–Crippen LogP) is -1.39. The zero-order valence-corrected chi connectivity index (χ0v) is 9.63. The number of imide groups is 1. The Morgan fingerprint density at radius 3 is 2.88 bits per heavy atom. The zero-order chi connectivity index (χ0) is 12.6. The van der Waals surface area contributed by atoms with Crippen LogP contribution in [-0.2, 0) is 9.53 Å². The molecule has 96 valence electrons. The van der Waals surface area contributed by atoms with E-state index in [9.17, 15) is 9.59 Å². The molecule has 0 aromatic heterocycles. The van der Waals surface area contributed by atoms with Crippen LogP contribution < -0.4 is 11.1 Å². The Hall–Kier alpha value is -1.18. The summed E-state index contributed by atoms with van der Waals surface area (Å²) in [5.41, 5.74) is 5.78. The normalized spacial score (nSPS) is 38.4. The van der Waals surface area contributed by atoms with E-state index in [4.69, 9.17) is 15.6 Å². The molecule has 4 N–H and O–H groups in total. The highest BCUT2D eigenvalue weighted by atomic mass is 16.5. The van der Waals surface area contributed by atoms with Gasteiger partial charge >= 0.3 is 6.03 Å². The van der Waals surface area contributed by atoms with E-state index in [1.54, 1.807) is 6.92 Å². The lowest BCUT2D eigenvalue weighted by molar-refractivity contribution is -0.128. The largest absolute Gasteiger partial charge is 0.394 e. The molecule has 1 unspecified atom stereocenters. The van der Waals surface area contributed by atoms with Crippen molar-refractivity contribution in [2.45, 2.75) is 31.7 Å². The molecule has 7 nitrogen and oxygen atoms in total. The average molecular weight is 243 g/mol. The molecule has 3 amide bonds. The summed E-state index contributed by atoms with van der Waals surface area (Å²) in [5, 5.41) is 11.3. The van der Waals surface area contributed by atoms with Crippen molar-refractivity contribution in [2.24, 2.45) is 11.7 Å². The fraction of sp³-hybridized carbons (Fsp3) is 0.800. The fourth-order valence-electron chi connectivity index (χ4n) is 2.13. The minimum absolute atomic E-state index is 0.165. The third-order valence-corrected chi connectivity index (χ3v) is 3.22. The van der Waals surface area contributed by atoms with Gasteiger partial charge in [-0.2, -0.15) is 0 Å². The number of carbonyl (C=O) groups is 2. The molecule has 2 rings (SSSR count). The number of hydrogen-bond acceptors (Lipinski definition) is 5. The molecule has 4 atom stereocenters. The van der Waals surface area contributed by atoms with Gasteiger partial charge in [-0.15, -0.1) is 0 Å². The number of urea groups is 1. The second-order valence-electron chi connectivity index (χ2n) is 4.56. The molecule has 7 heteroatoms. The molecule has 2 fully saturated rings. The van der Waals surface area contributed by atoms with Crippen LogP contribution in [0, 0.1) is 5.92 Å². The molecule has 2 heterocycles. The minimum atomic E-state index is -0.460. The van der Waals surface area contributed by atoms with E-state index in [1.165, 1.54) is 4.90 Å². The lowest BCUT2D eigenvalue weighted by Crippen LogP contribution is -2.57. The Morgan fingerprint density at radius 1 is 1.59 bits per heavy atom. The van der Waals surface area contributed by atoms with Gasteiger partial charge in [-0.25, -0.2) is 4.79 Å². The highest BCUT2D eigenvalue weighted by Gasteiger charge is 2.41. The molecular formula is C10H17N3O4. The topological polar surface area (TPSA) is 105 Å². The van der Waals surface area contributed by atoms with Crippen LogP contribution in [0.3, 0.4) is 0 Å². The van der Waals surface area contributed by atoms with Crippen LogP contribution in [0.5, 0.6) is 0 Å². The molecule has 2 saturated heterocycles. The molecule has 2 aliphatic rings. The van der Waals surface area contributed by atoms with Crippen molar-refractivity contribution < 1.29 is 19.4 Å². The molecule has 2 aliphatic heterocycles. The first-order valence-electron chi connectivity index (χ1n) is 5.66. The summed E-state index contributed by atoms with van der Waals surface area (Å²) in [6.07, 6.45) is -0.432. The van der Waals surface area contributed by atoms with Crippen LogP contribution in [0.15, 0.2) is 0 Å². The number of amides is 3. The van der Waals surface area contributed by atoms with E-state index in [2.05, 4.69) is 5.32 Å². The van der Waals surface area contributed by atoms with Gasteiger partial charge in [0.2, 0.25) is 5.91 Å². The Labute approximate surface area is 98.9 Å². The highest BCUT2D eigenvalue weighted by Crippen LogP contribution is 2.24. The Balaban J connectivity index is 2.03. The summed E-state index contributed by atoms with van der Waals surface area (Å²) in [6.45, 7) is 1.90. The first-order chi connectivity index (χ1) is 8.02. The molecule has 0 aliphatic carbocycles. The van der Waals surface area contributed by atoms with Crippen LogP contribution >= 0.6 is 0 Å². The molecule has 0 spiro atoms. The van der Waals surface area contributed by atoms with Crippen LogP contribution in [0.25, 0.3) is 0 Å². The molecule has 0 bridgehead atoms. The van der Waals surface area contributed by atoms with E-state index in [0.717, 1.165) is 0 Å². The van der Waals surface area contributed by atoms with Crippen molar-refractivity contribution in [1.29, 1.82) is 0 Å². The van der Waals surface area contributed by atoms with Gasteiger partial charge in [0, 0.05) is 19.0 Å². The van der Waals surface area contributed by atoms with Crippen molar-refractivity contribution in [2.75, 3.05) is 13.2 Å². The quantitative estimate of drug-likeness (QED) is 0.553. The summed E-state index contributed by atoms with van der Waals surface area (Å²) in [7, 11) is 0. The van der Waals surface area contributed by atoms with Crippen molar-refractivity contribution in [1.82, 2.24) is 10.2 Å². The number of aliphatic hydroxyl groups is 1. The summed E-state index contributed by atoms with van der Waals surface area (Å²) in [5.74, 6) is -0.534. The van der Waals surface area contributed by atoms with Gasteiger partial charge < -0.3 is 15.6 Å². The third kappa shape index (κ3) is 2.26. The number of rotatable bonds is 2. The van der Waals surface area contributed by atoms with E-state index >= 15 is 0 Å². The van der Waals surface area contributed by atoms with Crippen LogP contribution in [0.1, 0.15) is 13.3 Å². The first-order valence-corrected chi connectivity index (χ1v) is 5.66. The number of nitrogens with zero attached hydrogens (tertiary/aromatic N) is 1. The Morgan fingerprint density at radius 2 is 2.29 bits per heavy atom. The van der Waals surface area contributed by atoms with Crippen molar-refractivity contribution in [3.8, 4) is 0 Å². The van der Waals surface area contributed by atoms with Crippen molar-refractivity contribution in [3.05, 3.63) is 0 Å². The molecule has 17 heavy (non-hydrogen) atoms. The fourth-order valence-corrected chi connectivity index (χ4v) is 2.13. The maximum atomic E-state index is 11.6. The van der Waals surface area contributed by atoms with Crippen molar-refractivity contribution in [3.63, 3.8) is 0 Å². The zero-order valence-electron chi connectivity index (χ0n) is 9.63. The number of ether oxygens (including phenoxy) is 1. The van der Waals surface area contributed by atoms with Gasteiger partial charge in [0.1, 0.15) is 6.23 Å². The Kier molecular flexibility index (Phi) is 3.32. The average Bonchev–Trinajstić information content (AvgIpc) is 2.65. The Bertz CT molecular complexity index is 336. The van der Waals surface area contributed by atoms with E-state index in [1.807, 2.05) is 0 Å². The van der Waals surface area contributed by atoms with Gasteiger partial charge in [0.15, 0.2) is 0 Å². The molecule has 0 aromatic carbocycles. The monoisotopic (exact) mass is 243 g/mol. The van der Waals surface area contributed by atoms with Gasteiger partial charge in [-0.05, 0) is 0 Å². The van der Waals surface area contributed by atoms with Gasteiger partial charge in [-0.3, -0.25) is 15.0 Å². The minimum Gasteiger partial charge on any atom is -0.394 e. The number of aliphatic hydroxyl groups excluding tert-OH is 1. The highest BCUT2D eigenvalue weighted by molar-refractivity contribution is 5.97. The molecule has 0 radical (unpaired) electrons. The van der Waals surface area contributed by atoms with Crippen LogP contribution in [0.2, 0.25) is 0 Å². The SMILES string of the molecule is CC1CN([C@H]2C[C@H](N)[C@@H](CO)O2)C(=O)NC1=O. The summed E-state index contributed by atoms with van der Waals surface area (Å²) >= 11 is 0. The lowest BCUT2D eigenvalue weighted by Gasteiger charge is -2.34. The van der Waals surface area contributed by atoms with Crippen LogP contribution in [-0.4, -0.2) is 53.5 Å². The van der Waals surface area contributed by atoms with Crippen LogP contribution in [0.4, 0.5) is 4.79 Å². The van der Waals surface area contributed by atoms with Gasteiger partial charge in [-0.1, -0.05) is 6.92 Å². The number of nitrogens with one attached hydrogen (secondary N) is 1. The van der Waals surface area contributed by atoms with Gasteiger partial charge in [0.25, 0.3) is 0 Å². The molecular weight excluding hydrogens is 226 g/mol. The standard InChI is InChI=1S/C10H17N3O4/c1-5-3-13(10(16)12-9(5)15)8-2-6(11)7(4-14)17-8/h5-8,14H,2-4,11H2,1H3,(H,12,15,16)/t5?,6-,7+,8+/m0/s1. The third-order valence-electron chi connectivity index (χ3n) is 3.22. The number of hydrogen-bond donors (Lipinski definition) is 3. The van der Waals surface area contributed by atoms with E-state index in [-0.39, 0.29) is 24.5 Å². The van der Waals surface area contributed by atoms with Gasteiger partial charge in [0.05, 0.1) is 18.6 Å². The first kappa shape index (κ1) is 12.3. The van der Waals surface area contributed by atoms with Crippen molar-refractivity contribution >= 4 is 11.9 Å². The predicted molar refractivity (Wildman–Crippen MR) is 57.7 cm³/mol. The molecule has 0 aromatic rings.